The molecule has 0 radical (unpaired) electrons. The number of nitrogens with one attached hydrogen (secondary N) is 1. The molecule has 0 saturated heterocycles. The average Bonchev–Trinajstić information content (AvgIpc) is 2.64. The van der Waals surface area contributed by atoms with E-state index in [1.807, 2.05) is 6.92 Å². The minimum Gasteiger partial charge on any atom is -0.396 e. The molecule has 5 heteroatoms. The molecule has 1 saturated carbocycles. The monoisotopic (exact) mass is 250 g/mol. The molecule has 5 nitrogen and oxygen atoms in total. The number of carbonyl (C=O) groups excluding carboxylic acids is 1. The van der Waals surface area contributed by atoms with Crippen LogP contribution in [0.15, 0.2) is 6.20 Å². The Labute approximate surface area is 108 Å². The number of hydrogen-bond donors (Lipinski definition) is 2. The quantitative estimate of drug-likeness (QED) is 0.856. The van der Waals surface area contributed by atoms with Crippen LogP contribution in [0.1, 0.15) is 45.1 Å². The first kappa shape index (κ1) is 12.9. The Hall–Kier alpha value is -1.52. The molecular formula is C13H22N4O. The number of aryl methyl sites for hydroxylation is 1. The molecule has 100 valence electrons. The van der Waals surface area contributed by atoms with Gasteiger partial charge in [0.15, 0.2) is 0 Å². The molecule has 0 aromatic carbocycles. The second kappa shape index (κ2) is 3.73. The Morgan fingerprint density at radius 3 is 2.44 bits per heavy atom. The lowest BCUT2D eigenvalue weighted by atomic mass is 10.0. The van der Waals surface area contributed by atoms with Crippen molar-refractivity contribution < 1.29 is 4.79 Å². The van der Waals surface area contributed by atoms with Gasteiger partial charge in [-0.15, -0.1) is 0 Å². The fourth-order valence-corrected chi connectivity index (χ4v) is 2.64. The van der Waals surface area contributed by atoms with Crippen LogP contribution in [-0.4, -0.2) is 21.7 Å². The molecule has 1 fully saturated rings. The highest BCUT2D eigenvalue weighted by Gasteiger charge is 2.65. The standard InChI is InChI=1S/C13H22N4O/c1-6-17-9(8(14)7-15-17)10(18)16-11-12(2,3)13(11,4)5/h7,11H,6,14H2,1-5H3,(H,16,18). The number of aromatic nitrogens is 2. The zero-order valence-corrected chi connectivity index (χ0v) is 11.7. The Kier molecular flexibility index (Phi) is 2.68. The first-order valence-corrected chi connectivity index (χ1v) is 6.35. The van der Waals surface area contributed by atoms with Gasteiger partial charge in [-0.25, -0.2) is 0 Å². The molecule has 0 aliphatic heterocycles. The minimum atomic E-state index is -0.129. The second-order valence-electron chi connectivity index (χ2n) is 6.11. The van der Waals surface area contributed by atoms with Crippen molar-refractivity contribution in [2.45, 2.75) is 47.2 Å². The largest absolute Gasteiger partial charge is 0.396 e. The number of rotatable bonds is 3. The zero-order valence-electron chi connectivity index (χ0n) is 11.7. The molecule has 0 bridgehead atoms. The van der Waals surface area contributed by atoms with Crippen LogP contribution in [0.4, 0.5) is 5.69 Å². The molecule has 1 aliphatic rings. The van der Waals surface area contributed by atoms with Gasteiger partial charge in [0.2, 0.25) is 0 Å². The molecule has 2 rings (SSSR count). The van der Waals surface area contributed by atoms with Crippen molar-refractivity contribution in [3.05, 3.63) is 11.9 Å². The fraction of sp³-hybridized carbons (Fsp3) is 0.692. The lowest BCUT2D eigenvalue weighted by Gasteiger charge is -2.09. The number of amides is 1. The molecule has 3 N–H and O–H groups in total. The summed E-state index contributed by atoms with van der Waals surface area (Å²) in [5.41, 5.74) is 6.95. The van der Waals surface area contributed by atoms with Gasteiger partial charge in [-0.2, -0.15) is 5.10 Å². The maximum absolute atomic E-state index is 12.3. The van der Waals surface area contributed by atoms with Gasteiger partial charge >= 0.3 is 0 Å². The zero-order chi connectivity index (χ0) is 13.7. The van der Waals surface area contributed by atoms with Gasteiger partial charge in [0.05, 0.1) is 11.9 Å². The Morgan fingerprint density at radius 2 is 2.00 bits per heavy atom. The Bertz CT molecular complexity index is 473. The molecule has 1 aromatic rings. The molecule has 0 unspecified atom stereocenters. The summed E-state index contributed by atoms with van der Waals surface area (Å²) in [6, 6.07) is 0.178. The molecule has 1 amide bonds. The topological polar surface area (TPSA) is 72.9 Å². The van der Waals surface area contributed by atoms with Crippen molar-refractivity contribution in [2.24, 2.45) is 10.8 Å². The van der Waals surface area contributed by atoms with Crippen LogP contribution in [0.3, 0.4) is 0 Å². The van der Waals surface area contributed by atoms with Crippen molar-refractivity contribution in [3.63, 3.8) is 0 Å². The highest BCUT2D eigenvalue weighted by molar-refractivity contribution is 5.97. The third-order valence-corrected chi connectivity index (χ3v) is 4.68. The number of anilines is 1. The van der Waals surface area contributed by atoms with E-state index < -0.39 is 0 Å². The summed E-state index contributed by atoms with van der Waals surface area (Å²) in [4.78, 5) is 12.3. The van der Waals surface area contributed by atoms with E-state index in [-0.39, 0.29) is 22.8 Å². The predicted molar refractivity (Wildman–Crippen MR) is 71.1 cm³/mol. The number of carbonyl (C=O) groups is 1. The molecular weight excluding hydrogens is 228 g/mol. The summed E-state index contributed by atoms with van der Waals surface area (Å²) in [6.07, 6.45) is 1.53. The van der Waals surface area contributed by atoms with Gasteiger partial charge in [-0.05, 0) is 17.8 Å². The van der Waals surface area contributed by atoms with Gasteiger partial charge in [-0.1, -0.05) is 27.7 Å². The lowest BCUT2D eigenvalue weighted by Crippen LogP contribution is -2.32. The Morgan fingerprint density at radius 1 is 1.44 bits per heavy atom. The molecule has 0 atom stereocenters. The summed E-state index contributed by atoms with van der Waals surface area (Å²) in [7, 11) is 0. The number of nitrogen functional groups attached to an aromatic ring is 1. The Balaban J connectivity index is 2.17. The smallest absolute Gasteiger partial charge is 0.271 e. The van der Waals surface area contributed by atoms with Gasteiger partial charge in [0.25, 0.3) is 5.91 Å². The molecule has 0 spiro atoms. The van der Waals surface area contributed by atoms with Crippen LogP contribution in [0.25, 0.3) is 0 Å². The first-order valence-electron chi connectivity index (χ1n) is 6.35. The van der Waals surface area contributed by atoms with E-state index in [9.17, 15) is 4.79 Å². The van der Waals surface area contributed by atoms with Crippen LogP contribution in [0, 0.1) is 10.8 Å². The third kappa shape index (κ3) is 1.61. The van der Waals surface area contributed by atoms with Crippen LogP contribution in [0.5, 0.6) is 0 Å². The highest BCUT2D eigenvalue weighted by atomic mass is 16.2. The minimum absolute atomic E-state index is 0.120. The van der Waals surface area contributed by atoms with E-state index in [1.54, 1.807) is 4.68 Å². The molecule has 18 heavy (non-hydrogen) atoms. The lowest BCUT2D eigenvalue weighted by molar-refractivity contribution is 0.0934. The maximum atomic E-state index is 12.3. The van der Waals surface area contributed by atoms with Crippen molar-refractivity contribution in [2.75, 3.05) is 5.73 Å². The van der Waals surface area contributed by atoms with Crippen LogP contribution in [-0.2, 0) is 6.54 Å². The van der Waals surface area contributed by atoms with E-state index >= 15 is 0 Å². The summed E-state index contributed by atoms with van der Waals surface area (Å²) in [6.45, 7) is 11.2. The summed E-state index contributed by atoms with van der Waals surface area (Å²) < 4.78 is 1.63. The average molecular weight is 250 g/mol. The van der Waals surface area contributed by atoms with Crippen molar-refractivity contribution in [3.8, 4) is 0 Å². The molecule has 1 aromatic heterocycles. The predicted octanol–water partition coefficient (Wildman–Crippen LogP) is 1.65. The number of nitrogens with zero attached hydrogens (tertiary/aromatic N) is 2. The SMILES string of the molecule is CCn1ncc(N)c1C(=O)NC1C(C)(C)C1(C)C. The van der Waals surface area contributed by atoms with Gasteiger partial charge < -0.3 is 11.1 Å². The van der Waals surface area contributed by atoms with E-state index in [4.69, 9.17) is 5.73 Å². The maximum Gasteiger partial charge on any atom is 0.271 e. The van der Waals surface area contributed by atoms with E-state index in [0.29, 0.717) is 17.9 Å². The number of hydrogen-bond acceptors (Lipinski definition) is 3. The van der Waals surface area contributed by atoms with Gasteiger partial charge in [-0.3, -0.25) is 9.48 Å². The fourth-order valence-electron chi connectivity index (χ4n) is 2.64. The summed E-state index contributed by atoms with van der Waals surface area (Å²) >= 11 is 0. The summed E-state index contributed by atoms with van der Waals surface area (Å²) in [5, 5.41) is 7.16. The molecule has 1 heterocycles. The van der Waals surface area contributed by atoms with E-state index in [0.717, 1.165) is 0 Å². The summed E-state index contributed by atoms with van der Waals surface area (Å²) in [5.74, 6) is -0.129. The van der Waals surface area contributed by atoms with E-state index in [2.05, 4.69) is 38.1 Å². The van der Waals surface area contributed by atoms with Crippen molar-refractivity contribution in [1.29, 1.82) is 0 Å². The first-order chi connectivity index (χ1) is 8.23. The van der Waals surface area contributed by atoms with E-state index in [1.165, 1.54) is 6.20 Å². The van der Waals surface area contributed by atoms with Crippen molar-refractivity contribution >= 4 is 11.6 Å². The van der Waals surface area contributed by atoms with Crippen LogP contribution in [0.2, 0.25) is 0 Å². The van der Waals surface area contributed by atoms with Gasteiger partial charge in [0.1, 0.15) is 5.69 Å². The highest BCUT2D eigenvalue weighted by Crippen LogP contribution is 2.62. The van der Waals surface area contributed by atoms with Crippen molar-refractivity contribution in [1.82, 2.24) is 15.1 Å². The second-order valence-corrected chi connectivity index (χ2v) is 6.11. The van der Waals surface area contributed by atoms with Crippen LogP contribution >= 0.6 is 0 Å². The third-order valence-electron chi connectivity index (χ3n) is 4.68. The van der Waals surface area contributed by atoms with Crippen LogP contribution < -0.4 is 11.1 Å². The number of nitrogens with two attached hydrogens (primary N) is 1. The molecule has 1 aliphatic carbocycles. The van der Waals surface area contributed by atoms with Gasteiger partial charge in [0, 0.05) is 12.6 Å². The normalized spacial score (nSPS) is 20.7.